The average molecular weight is 381 g/mol. The molecule has 7 heteroatoms. The number of carbonyl (C=O) groups excluding carboxylic acids is 1. The number of amides is 1. The topological polar surface area (TPSA) is 79.4 Å². The Bertz CT molecular complexity index is 995. The Morgan fingerprint density at radius 2 is 2.00 bits per heavy atom. The van der Waals surface area contributed by atoms with Crippen molar-refractivity contribution in [2.45, 2.75) is 0 Å². The fourth-order valence-electron chi connectivity index (χ4n) is 2.39. The van der Waals surface area contributed by atoms with Gasteiger partial charge in [-0.15, -0.1) is 0 Å². The normalized spacial score (nSPS) is 11.2. The van der Waals surface area contributed by atoms with E-state index in [2.05, 4.69) is 20.7 Å². The van der Waals surface area contributed by atoms with Gasteiger partial charge in [-0.2, -0.15) is 10.2 Å². The molecule has 0 spiro atoms. The van der Waals surface area contributed by atoms with E-state index < -0.39 is 5.91 Å². The van der Waals surface area contributed by atoms with Crippen molar-refractivity contribution in [3.8, 4) is 17.0 Å². The second kappa shape index (κ2) is 8.82. The summed E-state index contributed by atoms with van der Waals surface area (Å²) < 4.78 is 5.26. The minimum Gasteiger partial charge on any atom is -0.496 e. The van der Waals surface area contributed by atoms with Gasteiger partial charge in [0, 0.05) is 17.3 Å². The number of hydrogen-bond acceptors (Lipinski definition) is 4. The van der Waals surface area contributed by atoms with Crippen LogP contribution in [0.4, 0.5) is 0 Å². The molecule has 0 saturated carbocycles. The van der Waals surface area contributed by atoms with Gasteiger partial charge in [0.05, 0.1) is 17.8 Å². The maximum Gasteiger partial charge on any atom is 0.289 e. The third-order valence-electron chi connectivity index (χ3n) is 3.71. The molecule has 0 unspecified atom stereocenters. The summed E-state index contributed by atoms with van der Waals surface area (Å²) in [5.41, 5.74) is 4.97. The monoisotopic (exact) mass is 380 g/mol. The number of nitrogens with zero attached hydrogens (tertiary/aromatic N) is 2. The molecule has 3 rings (SSSR count). The Morgan fingerprint density at radius 3 is 2.81 bits per heavy atom. The van der Waals surface area contributed by atoms with Gasteiger partial charge in [-0.3, -0.25) is 9.89 Å². The van der Waals surface area contributed by atoms with E-state index >= 15 is 0 Å². The molecule has 136 valence electrons. The fraction of sp³-hybridized carbons (Fsp3) is 0.0500. The molecule has 6 nitrogen and oxygen atoms in total. The SMILES string of the molecule is COc1ccccc1/C=C/C=N/NC(=O)c1cc(-c2ccccc2Cl)n[nH]1. The number of aromatic nitrogens is 2. The first-order valence-corrected chi connectivity index (χ1v) is 8.50. The van der Waals surface area contributed by atoms with Crippen molar-refractivity contribution in [1.29, 1.82) is 0 Å². The van der Waals surface area contributed by atoms with Crippen molar-refractivity contribution in [3.63, 3.8) is 0 Å². The lowest BCUT2D eigenvalue weighted by Gasteiger charge is -2.02. The third kappa shape index (κ3) is 4.62. The molecule has 2 N–H and O–H groups in total. The highest BCUT2D eigenvalue weighted by atomic mass is 35.5. The second-order valence-corrected chi connectivity index (χ2v) is 5.87. The van der Waals surface area contributed by atoms with Gasteiger partial charge in [-0.25, -0.2) is 5.43 Å². The number of hydrazone groups is 1. The first-order valence-electron chi connectivity index (χ1n) is 8.12. The van der Waals surface area contributed by atoms with Crippen LogP contribution < -0.4 is 10.2 Å². The number of benzene rings is 2. The van der Waals surface area contributed by atoms with Gasteiger partial charge in [0.1, 0.15) is 11.4 Å². The smallest absolute Gasteiger partial charge is 0.289 e. The van der Waals surface area contributed by atoms with Crippen LogP contribution in [0.25, 0.3) is 17.3 Å². The quantitative estimate of drug-likeness (QED) is 0.497. The number of para-hydroxylation sites is 1. The van der Waals surface area contributed by atoms with Crippen LogP contribution in [0.3, 0.4) is 0 Å². The molecule has 2 aromatic carbocycles. The Morgan fingerprint density at radius 1 is 1.22 bits per heavy atom. The van der Waals surface area contributed by atoms with Crippen LogP contribution in [-0.2, 0) is 0 Å². The summed E-state index contributed by atoms with van der Waals surface area (Å²) in [4.78, 5) is 12.1. The van der Waals surface area contributed by atoms with E-state index in [0.29, 0.717) is 10.7 Å². The van der Waals surface area contributed by atoms with E-state index in [9.17, 15) is 4.79 Å². The van der Waals surface area contributed by atoms with Gasteiger partial charge < -0.3 is 4.74 Å². The number of rotatable bonds is 6. The van der Waals surface area contributed by atoms with Gasteiger partial charge in [0.25, 0.3) is 5.91 Å². The summed E-state index contributed by atoms with van der Waals surface area (Å²) in [5, 5.41) is 11.3. The Kier molecular flexibility index (Phi) is 6.02. The number of allylic oxidation sites excluding steroid dienone is 1. The molecule has 1 heterocycles. The van der Waals surface area contributed by atoms with Crippen molar-refractivity contribution in [2.75, 3.05) is 7.11 Å². The highest BCUT2D eigenvalue weighted by molar-refractivity contribution is 6.33. The molecular formula is C20H17ClN4O2. The zero-order chi connectivity index (χ0) is 19.1. The molecule has 0 saturated heterocycles. The number of nitrogens with one attached hydrogen (secondary N) is 2. The highest BCUT2D eigenvalue weighted by Gasteiger charge is 2.11. The molecule has 0 aliphatic heterocycles. The van der Waals surface area contributed by atoms with Crippen molar-refractivity contribution < 1.29 is 9.53 Å². The molecule has 1 amide bonds. The van der Waals surface area contributed by atoms with Crippen molar-refractivity contribution >= 4 is 29.8 Å². The van der Waals surface area contributed by atoms with Crippen molar-refractivity contribution in [1.82, 2.24) is 15.6 Å². The number of methoxy groups -OCH3 is 1. The molecule has 27 heavy (non-hydrogen) atoms. The first kappa shape index (κ1) is 18.4. The molecule has 0 aliphatic rings. The number of halogens is 1. The van der Waals surface area contributed by atoms with Crippen LogP contribution in [0.1, 0.15) is 16.1 Å². The molecule has 0 atom stereocenters. The zero-order valence-corrected chi connectivity index (χ0v) is 15.3. The van der Waals surface area contributed by atoms with E-state index in [-0.39, 0.29) is 5.69 Å². The van der Waals surface area contributed by atoms with E-state index in [4.69, 9.17) is 16.3 Å². The highest BCUT2D eigenvalue weighted by Crippen LogP contribution is 2.26. The average Bonchev–Trinajstić information content (AvgIpc) is 3.18. The van der Waals surface area contributed by atoms with Crippen LogP contribution in [-0.4, -0.2) is 29.4 Å². The molecule has 0 bridgehead atoms. The predicted octanol–water partition coefficient (Wildman–Crippen LogP) is 4.17. The van der Waals surface area contributed by atoms with E-state index in [1.165, 1.54) is 6.21 Å². The van der Waals surface area contributed by atoms with Gasteiger partial charge in [-0.05, 0) is 30.4 Å². The summed E-state index contributed by atoms with van der Waals surface area (Å²) in [6, 6.07) is 16.5. The number of aromatic amines is 1. The Balaban J connectivity index is 1.61. The second-order valence-electron chi connectivity index (χ2n) is 5.47. The summed E-state index contributed by atoms with van der Waals surface area (Å²) in [7, 11) is 1.61. The third-order valence-corrected chi connectivity index (χ3v) is 4.04. The lowest BCUT2D eigenvalue weighted by atomic mass is 10.1. The Labute approximate surface area is 161 Å². The number of ether oxygens (including phenoxy) is 1. The molecule has 0 aliphatic carbocycles. The van der Waals surface area contributed by atoms with Crippen LogP contribution in [0, 0.1) is 0 Å². The van der Waals surface area contributed by atoms with Crippen molar-refractivity contribution in [3.05, 3.63) is 77.0 Å². The minimum atomic E-state index is -0.400. The molecule has 1 aromatic heterocycles. The summed E-state index contributed by atoms with van der Waals surface area (Å²) in [6.07, 6.45) is 5.02. The van der Waals surface area contributed by atoms with Crippen LogP contribution in [0.15, 0.2) is 65.8 Å². The molecule has 3 aromatic rings. The lowest BCUT2D eigenvalue weighted by molar-refractivity contribution is 0.0950. The summed E-state index contributed by atoms with van der Waals surface area (Å²) >= 11 is 6.14. The van der Waals surface area contributed by atoms with Gasteiger partial charge in [-0.1, -0.05) is 48.0 Å². The van der Waals surface area contributed by atoms with E-state index in [1.807, 2.05) is 48.5 Å². The summed E-state index contributed by atoms with van der Waals surface area (Å²) in [6.45, 7) is 0. The lowest BCUT2D eigenvalue weighted by Crippen LogP contribution is -2.17. The Hall–Kier alpha value is -3.38. The number of carbonyl (C=O) groups is 1. The minimum absolute atomic E-state index is 0.288. The maximum atomic E-state index is 12.1. The summed E-state index contributed by atoms with van der Waals surface area (Å²) in [5.74, 6) is 0.360. The standard InChI is InChI=1S/C20H17ClN4O2/c1-27-19-11-5-2-7-14(19)8-6-12-22-25-20(26)18-13-17(23-24-18)15-9-3-4-10-16(15)21/h2-13H,1H3,(H,23,24)(H,25,26)/b8-6+,22-12+. The number of hydrogen-bond donors (Lipinski definition) is 2. The number of H-pyrrole nitrogens is 1. The van der Waals surface area contributed by atoms with Gasteiger partial charge in [0.2, 0.25) is 0 Å². The maximum absolute atomic E-state index is 12.1. The van der Waals surface area contributed by atoms with Crippen LogP contribution in [0.2, 0.25) is 5.02 Å². The van der Waals surface area contributed by atoms with Crippen LogP contribution in [0.5, 0.6) is 5.75 Å². The van der Waals surface area contributed by atoms with Gasteiger partial charge >= 0.3 is 0 Å². The van der Waals surface area contributed by atoms with Crippen molar-refractivity contribution in [2.24, 2.45) is 5.10 Å². The fourth-order valence-corrected chi connectivity index (χ4v) is 2.63. The van der Waals surface area contributed by atoms with Crippen LogP contribution >= 0.6 is 11.6 Å². The van der Waals surface area contributed by atoms with Gasteiger partial charge in [0.15, 0.2) is 0 Å². The largest absolute Gasteiger partial charge is 0.496 e. The molecular weight excluding hydrogens is 364 g/mol. The molecule has 0 radical (unpaired) electrons. The first-order chi connectivity index (χ1) is 13.2. The predicted molar refractivity (Wildman–Crippen MR) is 107 cm³/mol. The van der Waals surface area contributed by atoms with E-state index in [1.54, 1.807) is 25.3 Å². The zero-order valence-electron chi connectivity index (χ0n) is 14.5. The van der Waals surface area contributed by atoms with E-state index in [0.717, 1.165) is 16.9 Å². The molecule has 0 fully saturated rings.